The van der Waals surface area contributed by atoms with Crippen molar-refractivity contribution in [2.75, 3.05) is 6.61 Å². The monoisotopic (exact) mass is 340 g/mol. The highest BCUT2D eigenvalue weighted by Crippen LogP contribution is 2.28. The molecule has 5 heteroatoms. The molecule has 3 aromatic rings. The van der Waals surface area contributed by atoms with Gasteiger partial charge in [0.15, 0.2) is 0 Å². The molecule has 0 amide bonds. The molecule has 0 saturated carbocycles. The second-order valence-electron chi connectivity index (χ2n) is 7.25. The zero-order chi connectivity index (χ0) is 18.2. The number of aliphatic hydroxyl groups is 2. The van der Waals surface area contributed by atoms with Crippen LogP contribution in [0.1, 0.15) is 32.4 Å². The number of para-hydroxylation sites is 2. The fourth-order valence-electron chi connectivity index (χ4n) is 3.38. The SMILES string of the molecule is CC(C)(C)n1c(=O)n(C(c2ccccc2)[C@H](O)CO)c2ccccc21. The molecule has 2 N–H and O–H groups in total. The van der Waals surface area contributed by atoms with E-state index in [1.807, 2.05) is 75.4 Å². The molecule has 1 aromatic heterocycles. The van der Waals surface area contributed by atoms with E-state index < -0.39 is 24.3 Å². The molecule has 132 valence electrons. The average molecular weight is 340 g/mol. The van der Waals surface area contributed by atoms with Gasteiger partial charge >= 0.3 is 5.69 Å². The molecule has 25 heavy (non-hydrogen) atoms. The van der Waals surface area contributed by atoms with Crippen molar-refractivity contribution in [2.45, 2.75) is 38.5 Å². The predicted octanol–water partition coefficient (Wildman–Crippen LogP) is 2.50. The van der Waals surface area contributed by atoms with Crippen molar-refractivity contribution in [1.82, 2.24) is 9.13 Å². The quantitative estimate of drug-likeness (QED) is 0.767. The van der Waals surface area contributed by atoms with Crippen LogP contribution < -0.4 is 5.69 Å². The molecule has 0 bridgehead atoms. The highest BCUT2D eigenvalue weighted by molar-refractivity contribution is 5.76. The Balaban J connectivity index is 2.37. The normalized spacial score (nSPS) is 14.6. The Morgan fingerprint density at radius 2 is 1.52 bits per heavy atom. The summed E-state index contributed by atoms with van der Waals surface area (Å²) < 4.78 is 3.33. The Hall–Kier alpha value is -2.37. The standard InChI is InChI=1S/C20H24N2O3/c1-20(2,3)22-16-12-8-7-11-15(16)21(19(22)25)18(17(24)13-23)14-9-5-4-6-10-14/h4-12,17-18,23-24H,13H2,1-3H3/t17-,18?/m1/s1. The lowest BCUT2D eigenvalue weighted by Gasteiger charge is -2.24. The lowest BCUT2D eigenvalue weighted by atomic mass is 10.0. The van der Waals surface area contributed by atoms with E-state index in [9.17, 15) is 15.0 Å². The van der Waals surface area contributed by atoms with Crippen LogP contribution in [0.5, 0.6) is 0 Å². The lowest BCUT2D eigenvalue weighted by Crippen LogP contribution is -2.39. The largest absolute Gasteiger partial charge is 0.394 e. The summed E-state index contributed by atoms with van der Waals surface area (Å²) in [5, 5.41) is 20.1. The van der Waals surface area contributed by atoms with Crippen molar-refractivity contribution in [2.24, 2.45) is 0 Å². The molecule has 0 spiro atoms. The molecule has 1 unspecified atom stereocenters. The van der Waals surface area contributed by atoms with E-state index in [2.05, 4.69) is 0 Å². The van der Waals surface area contributed by atoms with Crippen molar-refractivity contribution in [3.8, 4) is 0 Å². The molecule has 0 aliphatic heterocycles. The van der Waals surface area contributed by atoms with Crippen LogP contribution >= 0.6 is 0 Å². The smallest absolute Gasteiger partial charge is 0.330 e. The Labute approximate surface area is 146 Å². The summed E-state index contributed by atoms with van der Waals surface area (Å²) in [5.74, 6) is 0. The van der Waals surface area contributed by atoms with Crippen molar-refractivity contribution in [1.29, 1.82) is 0 Å². The molecular weight excluding hydrogens is 316 g/mol. The number of aromatic nitrogens is 2. The molecule has 0 aliphatic rings. The molecular formula is C20H24N2O3. The van der Waals surface area contributed by atoms with E-state index in [-0.39, 0.29) is 5.69 Å². The van der Waals surface area contributed by atoms with Gasteiger partial charge in [-0.25, -0.2) is 4.79 Å². The molecule has 0 fully saturated rings. The first-order valence-corrected chi connectivity index (χ1v) is 8.42. The molecule has 0 radical (unpaired) electrons. The number of aliphatic hydroxyl groups excluding tert-OH is 2. The molecule has 0 aliphatic carbocycles. The van der Waals surface area contributed by atoms with Crippen LogP contribution in [-0.4, -0.2) is 32.1 Å². The van der Waals surface area contributed by atoms with Crippen LogP contribution in [0.25, 0.3) is 11.0 Å². The van der Waals surface area contributed by atoms with Crippen LogP contribution in [0.3, 0.4) is 0 Å². The summed E-state index contributed by atoms with van der Waals surface area (Å²) in [6.07, 6.45) is -1.08. The van der Waals surface area contributed by atoms with Gasteiger partial charge in [-0.1, -0.05) is 42.5 Å². The third-order valence-electron chi connectivity index (χ3n) is 4.42. The summed E-state index contributed by atoms with van der Waals surface area (Å²) in [6, 6.07) is 16.2. The maximum atomic E-state index is 13.3. The van der Waals surface area contributed by atoms with Crippen LogP contribution in [0.2, 0.25) is 0 Å². The Bertz CT molecular complexity index is 920. The highest BCUT2D eigenvalue weighted by Gasteiger charge is 2.30. The Morgan fingerprint density at radius 3 is 2.08 bits per heavy atom. The summed E-state index contributed by atoms with van der Waals surface area (Å²) in [6.45, 7) is 5.50. The molecule has 2 atom stereocenters. The highest BCUT2D eigenvalue weighted by atomic mass is 16.3. The molecule has 5 nitrogen and oxygen atoms in total. The van der Waals surface area contributed by atoms with Gasteiger partial charge in [0.2, 0.25) is 0 Å². The minimum atomic E-state index is -1.08. The first kappa shape index (κ1) is 17.5. The van der Waals surface area contributed by atoms with Gasteiger partial charge in [-0.3, -0.25) is 9.13 Å². The van der Waals surface area contributed by atoms with Gasteiger partial charge < -0.3 is 10.2 Å². The van der Waals surface area contributed by atoms with Gasteiger partial charge in [0.05, 0.1) is 23.7 Å². The van der Waals surface area contributed by atoms with E-state index in [1.165, 1.54) is 0 Å². The van der Waals surface area contributed by atoms with E-state index >= 15 is 0 Å². The number of rotatable bonds is 4. The minimum absolute atomic E-state index is 0.199. The summed E-state index contributed by atoms with van der Waals surface area (Å²) in [5.41, 5.74) is 1.72. The van der Waals surface area contributed by atoms with Gasteiger partial charge in [0, 0.05) is 5.54 Å². The van der Waals surface area contributed by atoms with Crippen LogP contribution in [-0.2, 0) is 5.54 Å². The van der Waals surface area contributed by atoms with Gasteiger partial charge in [-0.2, -0.15) is 0 Å². The Morgan fingerprint density at radius 1 is 0.960 bits per heavy atom. The van der Waals surface area contributed by atoms with Crippen molar-refractivity contribution in [3.05, 3.63) is 70.6 Å². The topological polar surface area (TPSA) is 67.4 Å². The van der Waals surface area contributed by atoms with Crippen LogP contribution in [0.4, 0.5) is 0 Å². The van der Waals surface area contributed by atoms with Crippen molar-refractivity contribution < 1.29 is 10.2 Å². The molecule has 1 heterocycles. The third-order valence-corrected chi connectivity index (χ3v) is 4.42. The minimum Gasteiger partial charge on any atom is -0.394 e. The number of nitrogens with zero attached hydrogens (tertiary/aromatic N) is 2. The fraction of sp³-hybridized carbons (Fsp3) is 0.350. The van der Waals surface area contributed by atoms with Crippen LogP contribution in [0, 0.1) is 0 Å². The third kappa shape index (κ3) is 3.01. The number of fused-ring (bicyclic) bond motifs is 1. The van der Waals surface area contributed by atoms with E-state index in [1.54, 1.807) is 9.13 Å². The zero-order valence-corrected chi connectivity index (χ0v) is 14.8. The van der Waals surface area contributed by atoms with E-state index in [0.717, 1.165) is 16.6 Å². The second kappa shape index (κ2) is 6.50. The summed E-state index contributed by atoms with van der Waals surface area (Å²) >= 11 is 0. The summed E-state index contributed by atoms with van der Waals surface area (Å²) in [7, 11) is 0. The van der Waals surface area contributed by atoms with Gasteiger partial charge in [-0.05, 0) is 38.5 Å². The Kier molecular flexibility index (Phi) is 4.54. The predicted molar refractivity (Wildman–Crippen MR) is 98.9 cm³/mol. The number of imidazole rings is 1. The zero-order valence-electron chi connectivity index (χ0n) is 14.8. The van der Waals surface area contributed by atoms with Crippen LogP contribution in [0.15, 0.2) is 59.4 Å². The first-order chi connectivity index (χ1) is 11.9. The average Bonchev–Trinajstić information content (AvgIpc) is 2.88. The van der Waals surface area contributed by atoms with Gasteiger partial charge in [-0.15, -0.1) is 0 Å². The molecule has 2 aromatic carbocycles. The van der Waals surface area contributed by atoms with Gasteiger partial charge in [0.25, 0.3) is 0 Å². The fourth-order valence-corrected chi connectivity index (χ4v) is 3.38. The number of hydrogen-bond acceptors (Lipinski definition) is 3. The first-order valence-electron chi connectivity index (χ1n) is 8.42. The molecule has 3 rings (SSSR count). The van der Waals surface area contributed by atoms with E-state index in [4.69, 9.17) is 0 Å². The molecule has 0 saturated heterocycles. The maximum Gasteiger partial charge on any atom is 0.330 e. The number of benzene rings is 2. The van der Waals surface area contributed by atoms with E-state index in [0.29, 0.717) is 0 Å². The summed E-state index contributed by atoms with van der Waals surface area (Å²) in [4.78, 5) is 13.3. The van der Waals surface area contributed by atoms with Gasteiger partial charge in [0.1, 0.15) is 6.10 Å². The van der Waals surface area contributed by atoms with Crippen molar-refractivity contribution >= 4 is 11.0 Å². The lowest BCUT2D eigenvalue weighted by molar-refractivity contribution is 0.0638. The number of hydrogen-bond donors (Lipinski definition) is 2. The maximum absolute atomic E-state index is 13.3. The van der Waals surface area contributed by atoms with Crippen molar-refractivity contribution in [3.63, 3.8) is 0 Å². The second-order valence-corrected chi connectivity index (χ2v) is 7.25.